The molecule has 6 aromatic rings. The molecule has 5 aromatic heterocycles. The number of halogens is 2. The second kappa shape index (κ2) is 31.4. The molecule has 6 rings (SSSR count). The van der Waals surface area contributed by atoms with Gasteiger partial charge in [0.05, 0.1) is 53.0 Å². The molecule has 1 aromatic carbocycles. The van der Waals surface area contributed by atoms with Crippen molar-refractivity contribution in [1.82, 2.24) is 8.75 Å². The highest BCUT2D eigenvalue weighted by atomic mass is 79.9. The Morgan fingerprint density at radius 3 is 1.06 bits per heavy atom. The molecular weight excluding hydrogens is 1050 g/mol. The van der Waals surface area contributed by atoms with Crippen LogP contribution in [0.4, 0.5) is 0 Å². The van der Waals surface area contributed by atoms with Gasteiger partial charge < -0.3 is 9.47 Å². The van der Waals surface area contributed by atoms with Crippen LogP contribution in [-0.4, -0.2) is 22.0 Å². The van der Waals surface area contributed by atoms with Crippen molar-refractivity contribution < 1.29 is 9.47 Å². The van der Waals surface area contributed by atoms with Gasteiger partial charge in [0.25, 0.3) is 0 Å². The first kappa shape index (κ1) is 55.2. The largest absolute Gasteiger partial charge is 0.489 e. The van der Waals surface area contributed by atoms with Crippen LogP contribution in [0.3, 0.4) is 0 Å². The molecule has 0 unspecified atom stereocenters. The first-order chi connectivity index (χ1) is 33.0. The lowest BCUT2D eigenvalue weighted by Gasteiger charge is -2.20. The van der Waals surface area contributed by atoms with E-state index in [4.69, 9.17) is 18.2 Å². The van der Waals surface area contributed by atoms with Crippen molar-refractivity contribution in [1.29, 1.82) is 0 Å². The molecule has 0 radical (unpaired) electrons. The Morgan fingerprint density at radius 2 is 0.716 bits per heavy atom. The maximum Gasteiger partial charge on any atom is 0.172 e. The molecule has 372 valence electrons. The van der Waals surface area contributed by atoms with E-state index in [9.17, 15) is 0 Å². The molecule has 67 heavy (non-hydrogen) atoms. The number of ether oxygens (including phenoxy) is 2. The second-order valence-electron chi connectivity index (χ2n) is 19.1. The lowest BCUT2D eigenvalue weighted by molar-refractivity contribution is 0.260. The number of benzene rings is 1. The standard InChI is InChI=1S/C56H82Br2N2O2S5/c1-5-9-13-17-21-23-25-27-31-35-41-53-45(65-55(41)57)39-43(63-53)47-49-50(60-67-59-49)48(52(62-38-34-30-20-16-12-8-4)51(47)61-37-33-29-19-15-11-7-3)44-40-46-54(64-44)42(56(58)66-46)36-32-28-26-24-22-18-14-10-6-2/h39-40H,5-38H2,1-4H3. The summed E-state index contributed by atoms with van der Waals surface area (Å²) in [6.07, 6.45) is 41.1. The normalized spacial score (nSPS) is 12.0. The zero-order valence-corrected chi connectivity index (χ0v) is 49.0. The summed E-state index contributed by atoms with van der Waals surface area (Å²) in [4.78, 5) is 2.43. The van der Waals surface area contributed by atoms with Gasteiger partial charge in [-0.3, -0.25) is 0 Å². The first-order valence-corrected chi connectivity index (χ1v) is 32.6. The fourth-order valence-corrected chi connectivity index (χ4v) is 17.1. The maximum absolute atomic E-state index is 7.16. The molecule has 11 heteroatoms. The van der Waals surface area contributed by atoms with E-state index in [0.29, 0.717) is 13.2 Å². The van der Waals surface area contributed by atoms with Crippen LogP contribution in [0.5, 0.6) is 11.5 Å². The van der Waals surface area contributed by atoms with E-state index in [1.54, 1.807) is 0 Å². The smallest absolute Gasteiger partial charge is 0.172 e. The quantitative estimate of drug-likeness (QED) is 0.0363. The summed E-state index contributed by atoms with van der Waals surface area (Å²) < 4.78 is 32.7. The molecule has 0 spiro atoms. The van der Waals surface area contributed by atoms with E-state index >= 15 is 0 Å². The zero-order valence-electron chi connectivity index (χ0n) is 41.7. The summed E-state index contributed by atoms with van der Waals surface area (Å²) in [5.74, 6) is 1.74. The summed E-state index contributed by atoms with van der Waals surface area (Å²) in [5, 5.41) is 0. The van der Waals surface area contributed by atoms with Gasteiger partial charge in [0.2, 0.25) is 0 Å². The number of hydrogen-bond donors (Lipinski definition) is 0. The minimum atomic E-state index is 0.666. The van der Waals surface area contributed by atoms with Crippen LogP contribution >= 0.6 is 88.9 Å². The summed E-state index contributed by atoms with van der Waals surface area (Å²) >= 11 is 17.0. The van der Waals surface area contributed by atoms with Gasteiger partial charge in [-0.25, -0.2) is 0 Å². The van der Waals surface area contributed by atoms with Crippen LogP contribution in [0.25, 0.3) is 50.7 Å². The predicted octanol–water partition coefficient (Wildman–Crippen LogP) is 22.7. The number of aromatic nitrogens is 2. The highest BCUT2D eigenvalue weighted by molar-refractivity contribution is 9.11. The fraction of sp³-hybridized carbons (Fsp3) is 0.679. The van der Waals surface area contributed by atoms with E-state index < -0.39 is 0 Å². The van der Waals surface area contributed by atoms with Gasteiger partial charge >= 0.3 is 0 Å². The molecular formula is C56H82Br2N2O2S5. The van der Waals surface area contributed by atoms with Crippen LogP contribution in [0.1, 0.15) is 231 Å². The number of thiophene rings is 4. The Bertz CT molecular complexity index is 2150. The lowest BCUT2D eigenvalue weighted by atomic mass is 10.0. The lowest BCUT2D eigenvalue weighted by Crippen LogP contribution is -2.06. The van der Waals surface area contributed by atoms with Crippen molar-refractivity contribution in [3.05, 3.63) is 30.8 Å². The Kier molecular flexibility index (Phi) is 25.9. The van der Waals surface area contributed by atoms with Gasteiger partial charge in [0.15, 0.2) is 11.5 Å². The highest BCUT2D eigenvalue weighted by Crippen LogP contribution is 2.56. The number of rotatable bonds is 38. The number of fused-ring (bicyclic) bond motifs is 3. The average molecular weight is 1140 g/mol. The third-order valence-corrected chi connectivity index (χ3v) is 20.6. The Hall–Kier alpha value is -1.08. The molecule has 0 amide bonds. The van der Waals surface area contributed by atoms with Crippen molar-refractivity contribution in [3.8, 4) is 32.4 Å². The second-order valence-corrected chi connectivity index (χ2v) is 26.4. The van der Waals surface area contributed by atoms with Crippen molar-refractivity contribution in [2.45, 2.75) is 233 Å². The van der Waals surface area contributed by atoms with Gasteiger partial charge in [-0.15, -0.1) is 45.3 Å². The fourth-order valence-electron chi connectivity index (χ4n) is 9.52. The van der Waals surface area contributed by atoms with Gasteiger partial charge in [0.1, 0.15) is 11.0 Å². The van der Waals surface area contributed by atoms with E-state index in [2.05, 4.69) is 71.7 Å². The molecule has 0 aliphatic carbocycles. The van der Waals surface area contributed by atoms with Crippen LogP contribution < -0.4 is 9.47 Å². The predicted molar refractivity (Wildman–Crippen MR) is 310 cm³/mol. The summed E-state index contributed by atoms with van der Waals surface area (Å²) in [7, 11) is 0. The number of unbranched alkanes of at least 4 members (excludes halogenated alkanes) is 26. The summed E-state index contributed by atoms with van der Waals surface area (Å²) in [6, 6.07) is 4.82. The molecule has 4 nitrogen and oxygen atoms in total. The molecule has 0 saturated heterocycles. The maximum atomic E-state index is 7.16. The topological polar surface area (TPSA) is 44.2 Å². The van der Waals surface area contributed by atoms with Gasteiger partial charge in [-0.05, 0) is 93.6 Å². The van der Waals surface area contributed by atoms with E-state index in [1.165, 1.54) is 239 Å². The summed E-state index contributed by atoms with van der Waals surface area (Å²) in [5.41, 5.74) is 6.99. The minimum Gasteiger partial charge on any atom is -0.489 e. The molecule has 0 saturated carbocycles. The highest BCUT2D eigenvalue weighted by Gasteiger charge is 2.30. The number of aryl methyl sites for hydroxylation is 2. The van der Waals surface area contributed by atoms with Crippen molar-refractivity contribution in [2.75, 3.05) is 13.2 Å². The van der Waals surface area contributed by atoms with Crippen LogP contribution in [-0.2, 0) is 12.8 Å². The van der Waals surface area contributed by atoms with Crippen molar-refractivity contribution in [2.24, 2.45) is 0 Å². The van der Waals surface area contributed by atoms with Crippen molar-refractivity contribution in [3.63, 3.8) is 0 Å². The van der Waals surface area contributed by atoms with E-state index in [1.807, 2.05) is 45.3 Å². The third-order valence-electron chi connectivity index (χ3n) is 13.5. The van der Waals surface area contributed by atoms with E-state index in [0.717, 1.165) is 59.3 Å². The molecule has 0 atom stereocenters. The zero-order chi connectivity index (χ0) is 47.1. The SMILES string of the molecule is CCCCCCCCCCCc1c(Br)sc2cc(-c3c(OCCCCCCCC)c(OCCCCCCCC)c(-c4cc5sc(Br)c(CCCCCCCCCCC)c5s4)c4nsnc34)sc12. The minimum absolute atomic E-state index is 0.666. The van der Waals surface area contributed by atoms with Crippen LogP contribution in [0.2, 0.25) is 0 Å². The Morgan fingerprint density at radius 1 is 0.403 bits per heavy atom. The Balaban J connectivity index is 1.33. The number of hydrogen-bond acceptors (Lipinski definition) is 9. The van der Waals surface area contributed by atoms with E-state index in [-0.39, 0.29) is 0 Å². The molecule has 0 bridgehead atoms. The summed E-state index contributed by atoms with van der Waals surface area (Å²) in [6.45, 7) is 10.5. The average Bonchev–Trinajstić information content (AvgIpc) is 4.16. The number of nitrogens with zero attached hydrogens (tertiary/aromatic N) is 2. The van der Waals surface area contributed by atoms with Crippen LogP contribution in [0, 0.1) is 0 Å². The first-order valence-electron chi connectivity index (χ1n) is 27.0. The third kappa shape index (κ3) is 16.5. The van der Waals surface area contributed by atoms with Gasteiger partial charge in [0, 0.05) is 19.2 Å². The molecule has 0 N–H and O–H groups in total. The molecule has 0 aliphatic rings. The molecule has 0 fully saturated rings. The van der Waals surface area contributed by atoms with Crippen molar-refractivity contribution >= 4 is 119 Å². The van der Waals surface area contributed by atoms with Crippen LogP contribution in [0.15, 0.2) is 19.7 Å². The van der Waals surface area contributed by atoms with Gasteiger partial charge in [-0.2, -0.15) is 8.75 Å². The monoisotopic (exact) mass is 1130 g/mol. The molecule has 0 aliphatic heterocycles. The Labute approximate surface area is 442 Å². The molecule has 5 heterocycles. The van der Waals surface area contributed by atoms with Gasteiger partial charge in [-0.1, -0.05) is 195 Å².